The summed E-state index contributed by atoms with van der Waals surface area (Å²) in [7, 11) is -0.207. The lowest BCUT2D eigenvalue weighted by Crippen LogP contribution is -2.50. The predicted octanol–water partition coefficient (Wildman–Crippen LogP) is 6.88. The normalized spacial score (nSPS) is 14.5. The highest BCUT2D eigenvalue weighted by atomic mass is 28.4. The van der Waals surface area contributed by atoms with Crippen molar-refractivity contribution in [3.05, 3.63) is 36.4 Å². The van der Waals surface area contributed by atoms with E-state index in [1.165, 1.54) is 5.57 Å². The Morgan fingerprint density at radius 2 is 1.41 bits per heavy atom. The molecule has 0 amide bonds. The van der Waals surface area contributed by atoms with E-state index in [1.54, 1.807) is 7.11 Å². The molecule has 0 spiro atoms. The second-order valence-corrected chi connectivity index (χ2v) is 14.1. The standard InChI is InChI=1S/C23H41NO2Si/c1-16(2)27(17(3)4,18(5)6)26-21(9)20(8)19(7)15-24-22-11-13-23(25-10)14-12-22/h11-14,16-19,21,24H,8,15H2,1-7,9-10H3. The Morgan fingerprint density at radius 1 is 0.926 bits per heavy atom. The predicted molar refractivity (Wildman–Crippen MR) is 121 cm³/mol. The van der Waals surface area contributed by atoms with Gasteiger partial charge in [-0.15, -0.1) is 0 Å². The first-order valence-electron chi connectivity index (χ1n) is 10.3. The molecule has 154 valence electrons. The van der Waals surface area contributed by atoms with E-state index in [9.17, 15) is 0 Å². The first-order chi connectivity index (χ1) is 12.6. The lowest BCUT2D eigenvalue weighted by atomic mass is 9.98. The zero-order valence-electron chi connectivity index (χ0n) is 18.9. The fraction of sp³-hybridized carbons (Fsp3) is 0.652. The van der Waals surface area contributed by atoms with Crippen molar-refractivity contribution < 1.29 is 9.16 Å². The number of nitrogens with one attached hydrogen (secondary N) is 1. The molecule has 0 saturated heterocycles. The van der Waals surface area contributed by atoms with Gasteiger partial charge in [-0.3, -0.25) is 0 Å². The quantitative estimate of drug-likeness (QED) is 0.329. The van der Waals surface area contributed by atoms with Gasteiger partial charge >= 0.3 is 0 Å². The summed E-state index contributed by atoms with van der Waals surface area (Å²) in [5.41, 5.74) is 4.02. The third kappa shape index (κ3) is 5.85. The SMILES string of the molecule is C=C(C(C)CNc1ccc(OC)cc1)C(C)O[Si](C(C)C)(C(C)C)C(C)C. The molecule has 0 aliphatic rings. The number of ether oxygens (including phenoxy) is 1. The molecular weight excluding hydrogens is 350 g/mol. The summed E-state index contributed by atoms with van der Waals surface area (Å²) in [6, 6.07) is 8.04. The first-order valence-corrected chi connectivity index (χ1v) is 12.4. The molecule has 1 N–H and O–H groups in total. The van der Waals surface area contributed by atoms with Crippen molar-refractivity contribution in [1.82, 2.24) is 0 Å². The maximum absolute atomic E-state index is 6.88. The van der Waals surface area contributed by atoms with Crippen molar-refractivity contribution in [1.29, 1.82) is 0 Å². The molecule has 0 heterocycles. The van der Waals surface area contributed by atoms with Crippen LogP contribution in [-0.4, -0.2) is 28.1 Å². The van der Waals surface area contributed by atoms with Crippen LogP contribution in [0.5, 0.6) is 5.75 Å². The zero-order valence-corrected chi connectivity index (χ0v) is 19.9. The third-order valence-corrected chi connectivity index (χ3v) is 12.1. The van der Waals surface area contributed by atoms with E-state index in [1.807, 2.05) is 24.3 Å². The molecular formula is C23H41NO2Si. The van der Waals surface area contributed by atoms with Gasteiger partial charge in [-0.2, -0.15) is 0 Å². The van der Waals surface area contributed by atoms with Crippen LogP contribution >= 0.6 is 0 Å². The van der Waals surface area contributed by atoms with Crippen molar-refractivity contribution in [2.24, 2.45) is 5.92 Å². The summed E-state index contributed by atoms with van der Waals surface area (Å²) in [5.74, 6) is 1.21. The average Bonchev–Trinajstić information content (AvgIpc) is 2.62. The lowest BCUT2D eigenvalue weighted by molar-refractivity contribution is 0.213. The molecule has 0 fully saturated rings. The second kappa shape index (κ2) is 10.3. The molecule has 27 heavy (non-hydrogen) atoms. The Labute approximate surface area is 168 Å². The minimum absolute atomic E-state index is 0.0801. The summed E-state index contributed by atoms with van der Waals surface area (Å²) >= 11 is 0. The average molecular weight is 392 g/mol. The van der Waals surface area contributed by atoms with E-state index in [-0.39, 0.29) is 6.10 Å². The van der Waals surface area contributed by atoms with Gasteiger partial charge in [0.05, 0.1) is 13.2 Å². The van der Waals surface area contributed by atoms with Gasteiger partial charge in [-0.25, -0.2) is 0 Å². The fourth-order valence-corrected chi connectivity index (χ4v) is 9.88. The zero-order chi connectivity index (χ0) is 20.8. The van der Waals surface area contributed by atoms with Crippen LogP contribution in [0.25, 0.3) is 0 Å². The Kier molecular flexibility index (Phi) is 9.09. The summed E-state index contributed by atoms with van der Waals surface area (Å²) in [5, 5.41) is 3.50. The second-order valence-electron chi connectivity index (χ2n) is 8.66. The van der Waals surface area contributed by atoms with Gasteiger partial charge in [-0.1, -0.05) is 55.0 Å². The van der Waals surface area contributed by atoms with Gasteiger partial charge in [0, 0.05) is 12.2 Å². The van der Waals surface area contributed by atoms with Crippen LogP contribution in [0, 0.1) is 5.92 Å². The number of hydrogen-bond donors (Lipinski definition) is 1. The van der Waals surface area contributed by atoms with Crippen molar-refractivity contribution in [3.63, 3.8) is 0 Å². The molecule has 3 nitrogen and oxygen atoms in total. The maximum Gasteiger partial charge on any atom is 0.201 e. The summed E-state index contributed by atoms with van der Waals surface area (Å²) < 4.78 is 12.1. The molecule has 1 aromatic rings. The Bertz CT molecular complexity index is 559. The Balaban J connectivity index is 2.75. The van der Waals surface area contributed by atoms with E-state index in [0.29, 0.717) is 22.5 Å². The first kappa shape index (κ1) is 23.8. The van der Waals surface area contributed by atoms with Crippen LogP contribution in [0.4, 0.5) is 5.69 Å². The molecule has 0 aromatic heterocycles. The lowest BCUT2D eigenvalue weighted by Gasteiger charge is -2.44. The van der Waals surface area contributed by atoms with Gasteiger partial charge in [-0.05, 0) is 59.3 Å². The summed E-state index contributed by atoms with van der Waals surface area (Å²) in [6.45, 7) is 23.6. The molecule has 0 radical (unpaired) electrons. The van der Waals surface area contributed by atoms with E-state index in [4.69, 9.17) is 9.16 Å². The van der Waals surface area contributed by atoms with Gasteiger partial charge in [0.15, 0.2) is 0 Å². The van der Waals surface area contributed by atoms with Gasteiger partial charge in [0.25, 0.3) is 0 Å². The Morgan fingerprint density at radius 3 is 1.81 bits per heavy atom. The van der Waals surface area contributed by atoms with Crippen LogP contribution in [0.2, 0.25) is 16.6 Å². The van der Waals surface area contributed by atoms with Gasteiger partial charge in [0.2, 0.25) is 8.32 Å². The van der Waals surface area contributed by atoms with Gasteiger partial charge in [0.1, 0.15) is 5.75 Å². The highest BCUT2D eigenvalue weighted by Crippen LogP contribution is 2.43. The van der Waals surface area contributed by atoms with Crippen LogP contribution < -0.4 is 10.1 Å². The van der Waals surface area contributed by atoms with Crippen molar-refractivity contribution in [2.45, 2.75) is 78.1 Å². The monoisotopic (exact) mass is 391 g/mol. The summed E-state index contributed by atoms with van der Waals surface area (Å²) in [4.78, 5) is 0. The fourth-order valence-electron chi connectivity index (χ4n) is 4.30. The highest BCUT2D eigenvalue weighted by Gasteiger charge is 2.46. The van der Waals surface area contributed by atoms with Crippen molar-refractivity contribution in [3.8, 4) is 5.75 Å². The number of anilines is 1. The van der Waals surface area contributed by atoms with Crippen molar-refractivity contribution in [2.75, 3.05) is 19.0 Å². The van der Waals surface area contributed by atoms with E-state index < -0.39 is 8.32 Å². The largest absolute Gasteiger partial charge is 0.497 e. The minimum Gasteiger partial charge on any atom is -0.497 e. The molecule has 0 aliphatic carbocycles. The van der Waals surface area contributed by atoms with Crippen LogP contribution in [0.15, 0.2) is 36.4 Å². The summed E-state index contributed by atoms with van der Waals surface area (Å²) in [6.07, 6.45) is 0.0801. The number of benzene rings is 1. The molecule has 1 aromatic carbocycles. The number of methoxy groups -OCH3 is 1. The highest BCUT2D eigenvalue weighted by molar-refractivity contribution is 6.77. The topological polar surface area (TPSA) is 30.5 Å². The third-order valence-electron chi connectivity index (χ3n) is 5.95. The smallest absolute Gasteiger partial charge is 0.201 e. The van der Waals surface area contributed by atoms with E-state index in [0.717, 1.165) is 18.0 Å². The van der Waals surface area contributed by atoms with Crippen LogP contribution in [0.1, 0.15) is 55.4 Å². The van der Waals surface area contributed by atoms with Crippen molar-refractivity contribution >= 4 is 14.0 Å². The molecule has 1 rings (SSSR count). The van der Waals surface area contributed by atoms with Crippen LogP contribution in [-0.2, 0) is 4.43 Å². The van der Waals surface area contributed by atoms with Crippen LogP contribution in [0.3, 0.4) is 0 Å². The molecule has 0 aliphatic heterocycles. The maximum atomic E-state index is 6.88. The van der Waals surface area contributed by atoms with E-state index >= 15 is 0 Å². The molecule has 0 saturated carbocycles. The molecule has 2 unspecified atom stereocenters. The number of rotatable bonds is 11. The molecule has 4 heteroatoms. The van der Waals surface area contributed by atoms with Gasteiger partial charge < -0.3 is 14.5 Å². The minimum atomic E-state index is -1.89. The Hall–Kier alpha value is -1.26. The van der Waals surface area contributed by atoms with E-state index in [2.05, 4.69) is 67.3 Å². The molecule has 0 bridgehead atoms. The number of hydrogen-bond acceptors (Lipinski definition) is 3. The molecule has 2 atom stereocenters.